The van der Waals surface area contributed by atoms with E-state index in [1.165, 1.54) is 0 Å². The van der Waals surface area contributed by atoms with Gasteiger partial charge in [0.1, 0.15) is 0 Å². The SMILES string of the molecule is CNC(C)CNc1ncc(Br)c(OC)n1. The first-order valence-electron chi connectivity index (χ1n) is 4.65. The Hall–Kier alpha value is -0.880. The normalized spacial score (nSPS) is 12.3. The summed E-state index contributed by atoms with van der Waals surface area (Å²) >= 11 is 3.29. The summed E-state index contributed by atoms with van der Waals surface area (Å²) in [5, 5.41) is 6.23. The van der Waals surface area contributed by atoms with Gasteiger partial charge in [-0.2, -0.15) is 4.98 Å². The van der Waals surface area contributed by atoms with E-state index in [1.807, 2.05) is 7.05 Å². The lowest BCUT2D eigenvalue weighted by atomic mass is 10.3. The fourth-order valence-corrected chi connectivity index (χ4v) is 1.28. The Bertz CT molecular complexity index is 321. The summed E-state index contributed by atoms with van der Waals surface area (Å²) in [4.78, 5) is 8.29. The van der Waals surface area contributed by atoms with Crippen LogP contribution in [0.4, 0.5) is 5.95 Å². The van der Waals surface area contributed by atoms with Crippen LogP contribution >= 0.6 is 15.9 Å². The van der Waals surface area contributed by atoms with Gasteiger partial charge in [0, 0.05) is 12.6 Å². The summed E-state index contributed by atoms with van der Waals surface area (Å²) in [6.45, 7) is 2.84. The Labute approximate surface area is 97.8 Å². The average Bonchev–Trinajstić information content (AvgIpc) is 2.27. The second-order valence-electron chi connectivity index (χ2n) is 3.12. The molecule has 0 radical (unpaired) electrons. The number of halogens is 1. The van der Waals surface area contributed by atoms with Crippen molar-refractivity contribution in [1.82, 2.24) is 15.3 Å². The third-order valence-corrected chi connectivity index (χ3v) is 2.51. The van der Waals surface area contributed by atoms with Crippen molar-refractivity contribution in [3.8, 4) is 5.88 Å². The molecule has 0 amide bonds. The molecule has 1 aromatic heterocycles. The van der Waals surface area contributed by atoms with Crippen LogP contribution in [-0.4, -0.2) is 36.7 Å². The van der Waals surface area contributed by atoms with Crippen molar-refractivity contribution in [1.29, 1.82) is 0 Å². The molecule has 5 nitrogen and oxygen atoms in total. The highest BCUT2D eigenvalue weighted by molar-refractivity contribution is 9.10. The van der Waals surface area contributed by atoms with Gasteiger partial charge >= 0.3 is 0 Å². The van der Waals surface area contributed by atoms with Gasteiger partial charge in [0.15, 0.2) is 0 Å². The third-order valence-electron chi connectivity index (χ3n) is 1.96. The zero-order valence-corrected chi connectivity index (χ0v) is 10.6. The molecule has 0 fully saturated rings. The van der Waals surface area contributed by atoms with E-state index in [9.17, 15) is 0 Å². The highest BCUT2D eigenvalue weighted by Crippen LogP contribution is 2.21. The van der Waals surface area contributed by atoms with E-state index < -0.39 is 0 Å². The number of rotatable bonds is 5. The zero-order valence-electron chi connectivity index (χ0n) is 9.04. The fourth-order valence-electron chi connectivity index (χ4n) is 0.926. The van der Waals surface area contributed by atoms with E-state index in [2.05, 4.69) is 43.5 Å². The molecule has 0 aliphatic rings. The minimum Gasteiger partial charge on any atom is -0.480 e. The Morgan fingerprint density at radius 2 is 2.33 bits per heavy atom. The second kappa shape index (κ2) is 5.87. The molecule has 84 valence electrons. The molecule has 0 aromatic carbocycles. The third kappa shape index (κ3) is 3.64. The molecular weight excluding hydrogens is 260 g/mol. The lowest BCUT2D eigenvalue weighted by molar-refractivity contribution is 0.394. The smallest absolute Gasteiger partial charge is 0.232 e. The van der Waals surface area contributed by atoms with E-state index in [4.69, 9.17) is 4.74 Å². The summed E-state index contributed by atoms with van der Waals surface area (Å²) < 4.78 is 5.81. The lowest BCUT2D eigenvalue weighted by Crippen LogP contribution is -2.29. The van der Waals surface area contributed by atoms with Gasteiger partial charge in [0.25, 0.3) is 0 Å². The molecule has 0 saturated heterocycles. The molecule has 0 bridgehead atoms. The van der Waals surface area contributed by atoms with Crippen LogP contribution < -0.4 is 15.4 Å². The summed E-state index contributed by atoms with van der Waals surface area (Å²) in [5.74, 6) is 1.10. The Morgan fingerprint density at radius 3 is 2.93 bits per heavy atom. The molecule has 1 aromatic rings. The molecule has 0 saturated carbocycles. The van der Waals surface area contributed by atoms with Gasteiger partial charge in [-0.15, -0.1) is 0 Å². The molecule has 0 spiro atoms. The lowest BCUT2D eigenvalue weighted by Gasteiger charge is -2.11. The maximum atomic E-state index is 5.07. The first-order valence-corrected chi connectivity index (χ1v) is 5.44. The highest BCUT2D eigenvalue weighted by atomic mass is 79.9. The quantitative estimate of drug-likeness (QED) is 0.847. The number of hydrogen-bond acceptors (Lipinski definition) is 5. The van der Waals surface area contributed by atoms with Crippen molar-refractivity contribution in [2.24, 2.45) is 0 Å². The van der Waals surface area contributed by atoms with Crippen LogP contribution in [0.15, 0.2) is 10.7 Å². The van der Waals surface area contributed by atoms with Gasteiger partial charge < -0.3 is 15.4 Å². The molecule has 1 atom stereocenters. The summed E-state index contributed by atoms with van der Waals surface area (Å²) in [5.41, 5.74) is 0. The minimum atomic E-state index is 0.364. The molecule has 1 unspecified atom stereocenters. The van der Waals surface area contributed by atoms with E-state index in [1.54, 1.807) is 13.3 Å². The first kappa shape index (κ1) is 12.2. The topological polar surface area (TPSA) is 59.1 Å². The highest BCUT2D eigenvalue weighted by Gasteiger charge is 2.05. The Morgan fingerprint density at radius 1 is 1.60 bits per heavy atom. The predicted octanol–water partition coefficient (Wildman–Crippen LogP) is 1.27. The van der Waals surface area contributed by atoms with Crippen molar-refractivity contribution in [2.45, 2.75) is 13.0 Å². The maximum absolute atomic E-state index is 5.07. The monoisotopic (exact) mass is 274 g/mol. The molecule has 1 rings (SSSR count). The zero-order chi connectivity index (χ0) is 11.3. The minimum absolute atomic E-state index is 0.364. The van der Waals surface area contributed by atoms with Crippen molar-refractivity contribution in [2.75, 3.05) is 26.0 Å². The number of ether oxygens (including phenoxy) is 1. The van der Waals surface area contributed by atoms with Gasteiger partial charge in [-0.05, 0) is 29.9 Å². The number of nitrogens with one attached hydrogen (secondary N) is 2. The van der Waals surface area contributed by atoms with E-state index >= 15 is 0 Å². The second-order valence-corrected chi connectivity index (χ2v) is 3.98. The van der Waals surface area contributed by atoms with E-state index in [0.29, 0.717) is 17.9 Å². The number of hydrogen-bond donors (Lipinski definition) is 2. The van der Waals surface area contributed by atoms with E-state index in [0.717, 1.165) is 11.0 Å². The number of aromatic nitrogens is 2. The van der Waals surface area contributed by atoms with Crippen LogP contribution in [0.2, 0.25) is 0 Å². The summed E-state index contributed by atoms with van der Waals surface area (Å²) in [6.07, 6.45) is 1.66. The van der Waals surface area contributed by atoms with Crippen molar-refractivity contribution >= 4 is 21.9 Å². The molecule has 0 aliphatic heterocycles. The summed E-state index contributed by atoms with van der Waals surface area (Å²) in [7, 11) is 3.49. The average molecular weight is 275 g/mol. The Kier molecular flexibility index (Phi) is 4.77. The number of methoxy groups -OCH3 is 1. The van der Waals surface area contributed by atoms with Crippen LogP contribution in [0.1, 0.15) is 6.92 Å². The van der Waals surface area contributed by atoms with Gasteiger partial charge in [-0.1, -0.05) is 0 Å². The van der Waals surface area contributed by atoms with Crippen molar-refractivity contribution in [3.05, 3.63) is 10.7 Å². The summed E-state index contributed by atoms with van der Waals surface area (Å²) in [6, 6.07) is 0.364. The van der Waals surface area contributed by atoms with Crippen LogP contribution in [0, 0.1) is 0 Å². The largest absolute Gasteiger partial charge is 0.480 e. The van der Waals surface area contributed by atoms with Crippen LogP contribution in [0.3, 0.4) is 0 Å². The van der Waals surface area contributed by atoms with Crippen molar-refractivity contribution < 1.29 is 4.74 Å². The predicted molar refractivity (Wildman–Crippen MR) is 63.3 cm³/mol. The van der Waals surface area contributed by atoms with Crippen molar-refractivity contribution in [3.63, 3.8) is 0 Å². The first-order chi connectivity index (χ1) is 7.17. The molecule has 6 heteroatoms. The van der Waals surface area contributed by atoms with Crippen LogP contribution in [-0.2, 0) is 0 Å². The number of likely N-dealkylation sites (N-methyl/N-ethyl adjacent to an activating group) is 1. The Balaban J connectivity index is 2.62. The van der Waals surface area contributed by atoms with Crippen LogP contribution in [0.5, 0.6) is 5.88 Å². The molecule has 2 N–H and O–H groups in total. The number of anilines is 1. The number of nitrogens with zero attached hydrogens (tertiary/aromatic N) is 2. The van der Waals surface area contributed by atoms with Gasteiger partial charge in [0.05, 0.1) is 17.8 Å². The fraction of sp³-hybridized carbons (Fsp3) is 0.556. The van der Waals surface area contributed by atoms with Gasteiger partial charge in [-0.3, -0.25) is 0 Å². The van der Waals surface area contributed by atoms with Gasteiger partial charge in [-0.25, -0.2) is 4.98 Å². The molecular formula is C9H15BrN4O. The standard InChI is InChI=1S/C9H15BrN4O/c1-6(11-2)4-12-9-13-5-7(10)8(14-9)15-3/h5-6,11H,4H2,1-3H3,(H,12,13,14). The molecule has 1 heterocycles. The molecule has 15 heavy (non-hydrogen) atoms. The van der Waals surface area contributed by atoms with Crippen LogP contribution in [0.25, 0.3) is 0 Å². The van der Waals surface area contributed by atoms with E-state index in [-0.39, 0.29) is 0 Å². The van der Waals surface area contributed by atoms with Gasteiger partial charge in [0.2, 0.25) is 11.8 Å². The maximum Gasteiger partial charge on any atom is 0.232 e. The molecule has 0 aliphatic carbocycles.